The van der Waals surface area contributed by atoms with Crippen LogP contribution in [-0.2, 0) is 4.79 Å². The molecule has 1 amide bonds. The molecule has 1 fully saturated rings. The topological polar surface area (TPSA) is 110 Å². The van der Waals surface area contributed by atoms with Crippen LogP contribution in [0.1, 0.15) is 41.7 Å². The summed E-state index contributed by atoms with van der Waals surface area (Å²) in [6.07, 6.45) is 1.88. The number of rotatable bonds is 4. The van der Waals surface area contributed by atoms with Crippen LogP contribution in [0.25, 0.3) is 0 Å². The van der Waals surface area contributed by atoms with Crippen molar-refractivity contribution in [1.29, 1.82) is 0 Å². The zero-order chi connectivity index (χ0) is 18.7. The van der Waals surface area contributed by atoms with E-state index in [1.165, 1.54) is 0 Å². The first-order valence-electron chi connectivity index (χ1n) is 8.87. The van der Waals surface area contributed by atoms with Crippen LogP contribution in [0.15, 0.2) is 12.1 Å². The summed E-state index contributed by atoms with van der Waals surface area (Å²) in [6.45, 7) is 7.20. The van der Waals surface area contributed by atoms with Crippen molar-refractivity contribution in [2.75, 3.05) is 25.0 Å². The van der Waals surface area contributed by atoms with Gasteiger partial charge in [-0.05, 0) is 39.7 Å². The maximum absolute atomic E-state index is 11.9. The second-order valence-electron chi connectivity index (χ2n) is 6.74. The van der Waals surface area contributed by atoms with Crippen molar-refractivity contribution in [2.24, 2.45) is 5.73 Å². The Balaban J connectivity index is 1.82. The molecule has 138 valence electrons. The van der Waals surface area contributed by atoms with E-state index < -0.39 is 0 Å². The third-order valence-electron chi connectivity index (χ3n) is 4.41. The highest BCUT2D eigenvalue weighted by atomic mass is 16.2. The van der Waals surface area contributed by atoms with Gasteiger partial charge in [-0.1, -0.05) is 0 Å². The number of carbonyl (C=O) groups is 1. The summed E-state index contributed by atoms with van der Waals surface area (Å²) in [7, 11) is 0. The summed E-state index contributed by atoms with van der Waals surface area (Å²) in [5.74, 6) is 2.02. The van der Waals surface area contributed by atoms with Crippen molar-refractivity contribution >= 4 is 17.7 Å². The van der Waals surface area contributed by atoms with Gasteiger partial charge in [-0.15, -0.1) is 0 Å². The SMILES string of the molecule is Cc1cc(C)nc(Nc2cc(C)nc([C@H]3CCCN(C(=O)CN)C3)n2)n1. The highest BCUT2D eigenvalue weighted by molar-refractivity contribution is 5.78. The molecule has 26 heavy (non-hydrogen) atoms. The van der Waals surface area contributed by atoms with E-state index in [-0.39, 0.29) is 18.4 Å². The van der Waals surface area contributed by atoms with Crippen molar-refractivity contribution in [3.63, 3.8) is 0 Å². The maximum atomic E-state index is 11.9. The molecule has 1 aliphatic heterocycles. The average molecular weight is 355 g/mol. The molecule has 1 saturated heterocycles. The minimum absolute atomic E-state index is 0.0238. The van der Waals surface area contributed by atoms with Gasteiger partial charge in [0.25, 0.3) is 0 Å². The van der Waals surface area contributed by atoms with Gasteiger partial charge in [0.15, 0.2) is 0 Å². The zero-order valence-electron chi connectivity index (χ0n) is 15.5. The van der Waals surface area contributed by atoms with Crippen LogP contribution < -0.4 is 11.1 Å². The molecule has 1 atom stereocenters. The summed E-state index contributed by atoms with van der Waals surface area (Å²) < 4.78 is 0. The fourth-order valence-electron chi connectivity index (χ4n) is 3.28. The smallest absolute Gasteiger partial charge is 0.236 e. The summed E-state index contributed by atoms with van der Waals surface area (Å²) in [5.41, 5.74) is 8.16. The number of nitrogens with two attached hydrogens (primary N) is 1. The highest BCUT2D eigenvalue weighted by Crippen LogP contribution is 2.26. The molecule has 3 rings (SSSR count). The molecule has 8 heteroatoms. The highest BCUT2D eigenvalue weighted by Gasteiger charge is 2.26. The van der Waals surface area contributed by atoms with Crippen LogP contribution in [0, 0.1) is 20.8 Å². The molecule has 0 unspecified atom stereocenters. The summed E-state index contributed by atoms with van der Waals surface area (Å²) >= 11 is 0. The molecule has 0 saturated carbocycles. The lowest BCUT2D eigenvalue weighted by molar-refractivity contribution is -0.130. The molecule has 2 aromatic heterocycles. The normalized spacial score (nSPS) is 17.2. The lowest BCUT2D eigenvalue weighted by Crippen LogP contribution is -2.42. The van der Waals surface area contributed by atoms with E-state index in [1.54, 1.807) is 4.90 Å². The van der Waals surface area contributed by atoms with Gasteiger partial charge in [-0.25, -0.2) is 19.9 Å². The Labute approximate surface area is 153 Å². The number of aryl methyl sites for hydroxylation is 3. The first-order chi connectivity index (χ1) is 12.4. The van der Waals surface area contributed by atoms with Gasteiger partial charge < -0.3 is 16.0 Å². The number of hydrogen-bond donors (Lipinski definition) is 2. The molecule has 1 aliphatic rings. The molecule has 3 N–H and O–H groups in total. The fraction of sp³-hybridized carbons (Fsp3) is 0.500. The lowest BCUT2D eigenvalue weighted by atomic mass is 9.97. The van der Waals surface area contributed by atoms with Crippen molar-refractivity contribution in [3.05, 3.63) is 35.0 Å². The van der Waals surface area contributed by atoms with Gasteiger partial charge in [0.2, 0.25) is 11.9 Å². The summed E-state index contributed by atoms with van der Waals surface area (Å²) in [4.78, 5) is 31.8. The van der Waals surface area contributed by atoms with E-state index in [9.17, 15) is 4.79 Å². The molecule has 3 heterocycles. The van der Waals surface area contributed by atoms with Crippen molar-refractivity contribution in [2.45, 2.75) is 39.5 Å². The van der Waals surface area contributed by atoms with Crippen molar-refractivity contribution < 1.29 is 4.79 Å². The van der Waals surface area contributed by atoms with Gasteiger partial charge in [0.05, 0.1) is 6.54 Å². The minimum atomic E-state index is -0.0238. The molecule has 0 aliphatic carbocycles. The quantitative estimate of drug-likeness (QED) is 0.857. The monoisotopic (exact) mass is 355 g/mol. The summed E-state index contributed by atoms with van der Waals surface area (Å²) in [5, 5.41) is 3.18. The van der Waals surface area contributed by atoms with Crippen molar-refractivity contribution in [1.82, 2.24) is 24.8 Å². The van der Waals surface area contributed by atoms with Crippen LogP contribution in [0.2, 0.25) is 0 Å². The Morgan fingerprint density at radius 2 is 1.85 bits per heavy atom. The second-order valence-corrected chi connectivity index (χ2v) is 6.74. The number of nitrogens with zero attached hydrogens (tertiary/aromatic N) is 5. The number of amides is 1. The first-order valence-corrected chi connectivity index (χ1v) is 8.87. The number of likely N-dealkylation sites (tertiary alicyclic amines) is 1. The van der Waals surface area contributed by atoms with E-state index in [0.29, 0.717) is 18.3 Å². The minimum Gasteiger partial charge on any atom is -0.341 e. The Kier molecular flexibility index (Phi) is 5.41. The number of aromatic nitrogens is 4. The van der Waals surface area contributed by atoms with Crippen LogP contribution in [0.5, 0.6) is 0 Å². The van der Waals surface area contributed by atoms with Crippen LogP contribution in [0.3, 0.4) is 0 Å². The van der Waals surface area contributed by atoms with E-state index in [4.69, 9.17) is 5.73 Å². The standard InChI is InChI=1S/C18H25N7O/c1-11-7-12(2)22-18(21-11)24-15-8-13(3)20-17(23-15)14-5-4-6-25(10-14)16(26)9-19/h7-8,14H,4-6,9-10,19H2,1-3H3,(H,20,21,22,23,24)/t14-/m0/s1. The first kappa shape index (κ1) is 18.2. The molecular weight excluding hydrogens is 330 g/mol. The third-order valence-corrected chi connectivity index (χ3v) is 4.41. The molecule has 0 radical (unpaired) electrons. The molecule has 0 bridgehead atoms. The average Bonchev–Trinajstić information content (AvgIpc) is 2.59. The van der Waals surface area contributed by atoms with E-state index >= 15 is 0 Å². The van der Waals surface area contributed by atoms with Crippen molar-refractivity contribution in [3.8, 4) is 0 Å². The summed E-state index contributed by atoms with van der Waals surface area (Å²) in [6, 6.07) is 3.79. The van der Waals surface area contributed by atoms with Crippen LogP contribution in [-0.4, -0.2) is 50.4 Å². The van der Waals surface area contributed by atoms with Gasteiger partial charge in [-0.3, -0.25) is 4.79 Å². The van der Waals surface area contributed by atoms with E-state index in [2.05, 4.69) is 25.3 Å². The second kappa shape index (κ2) is 7.74. The molecular formula is C18H25N7O. The molecule has 0 aromatic carbocycles. The zero-order valence-corrected chi connectivity index (χ0v) is 15.5. The van der Waals surface area contributed by atoms with Gasteiger partial charge >= 0.3 is 0 Å². The third kappa shape index (κ3) is 4.32. The molecule has 2 aromatic rings. The van der Waals surface area contributed by atoms with Gasteiger partial charge in [0.1, 0.15) is 11.6 Å². The Hall–Kier alpha value is -2.61. The van der Waals surface area contributed by atoms with Gasteiger partial charge in [-0.2, -0.15) is 0 Å². The van der Waals surface area contributed by atoms with E-state index in [0.717, 1.165) is 42.3 Å². The Bertz CT molecular complexity index is 788. The van der Waals surface area contributed by atoms with E-state index in [1.807, 2.05) is 32.9 Å². The Morgan fingerprint density at radius 1 is 1.15 bits per heavy atom. The number of piperidine rings is 1. The van der Waals surface area contributed by atoms with Crippen LogP contribution >= 0.6 is 0 Å². The lowest BCUT2D eigenvalue weighted by Gasteiger charge is -2.32. The number of hydrogen-bond acceptors (Lipinski definition) is 7. The molecule has 8 nitrogen and oxygen atoms in total. The Morgan fingerprint density at radius 3 is 2.54 bits per heavy atom. The number of anilines is 2. The molecule has 0 spiro atoms. The van der Waals surface area contributed by atoms with Crippen LogP contribution in [0.4, 0.5) is 11.8 Å². The predicted octanol–water partition coefficient (Wildman–Crippen LogP) is 1.60. The predicted molar refractivity (Wildman–Crippen MR) is 99.2 cm³/mol. The largest absolute Gasteiger partial charge is 0.341 e. The number of nitrogens with one attached hydrogen (secondary N) is 1. The van der Waals surface area contributed by atoms with Gasteiger partial charge in [0, 0.05) is 42.2 Å². The number of carbonyl (C=O) groups excluding carboxylic acids is 1. The maximum Gasteiger partial charge on any atom is 0.236 e. The fourth-order valence-corrected chi connectivity index (χ4v) is 3.28.